The zero-order valence-corrected chi connectivity index (χ0v) is 10.1. The summed E-state index contributed by atoms with van der Waals surface area (Å²) in [7, 11) is 1.43. The second kappa shape index (κ2) is 7.07. The van der Waals surface area contributed by atoms with Gasteiger partial charge in [-0.15, -0.1) is 0 Å². The van der Waals surface area contributed by atoms with E-state index >= 15 is 0 Å². The van der Waals surface area contributed by atoms with Gasteiger partial charge in [-0.3, -0.25) is 9.48 Å². The van der Waals surface area contributed by atoms with Gasteiger partial charge < -0.3 is 10.1 Å². The van der Waals surface area contributed by atoms with Crippen LogP contribution < -0.4 is 5.32 Å². The number of alkyl halides is 4. The predicted molar refractivity (Wildman–Crippen MR) is 57.0 cm³/mol. The maximum atomic E-state index is 12.6. The fourth-order valence-corrected chi connectivity index (χ4v) is 1.35. The first kappa shape index (κ1) is 15.4. The smallest absolute Gasteiger partial charge is 0.282 e. The van der Waals surface area contributed by atoms with Crippen LogP contribution in [0.2, 0.25) is 0 Å². The third-order valence-electron chi connectivity index (χ3n) is 2.20. The van der Waals surface area contributed by atoms with Crippen molar-refractivity contribution in [3.63, 3.8) is 0 Å². The molecule has 0 aromatic carbocycles. The van der Waals surface area contributed by atoms with E-state index in [2.05, 4.69) is 15.2 Å². The summed E-state index contributed by atoms with van der Waals surface area (Å²) in [6, 6.07) is 0.595. The molecule has 19 heavy (non-hydrogen) atoms. The Hall–Kier alpha value is -1.64. The summed E-state index contributed by atoms with van der Waals surface area (Å²) in [5.41, 5.74) is -1.49. The van der Waals surface area contributed by atoms with Gasteiger partial charge in [0.2, 0.25) is 5.91 Å². The van der Waals surface area contributed by atoms with Gasteiger partial charge in [0.1, 0.15) is 17.9 Å². The fourth-order valence-electron chi connectivity index (χ4n) is 1.35. The quantitative estimate of drug-likeness (QED) is 0.610. The molecular formula is C10H13F4N3O2. The number of hydrogen-bond donors (Lipinski definition) is 1. The molecule has 0 radical (unpaired) electrons. The molecule has 0 aliphatic heterocycles. The van der Waals surface area contributed by atoms with Crippen molar-refractivity contribution in [2.24, 2.45) is 0 Å². The predicted octanol–water partition coefficient (Wildman–Crippen LogP) is 1.52. The summed E-state index contributed by atoms with van der Waals surface area (Å²) in [5, 5.41) is 5.67. The van der Waals surface area contributed by atoms with Crippen LogP contribution in [0.1, 0.15) is 24.2 Å². The van der Waals surface area contributed by atoms with E-state index < -0.39 is 36.7 Å². The highest BCUT2D eigenvalue weighted by molar-refractivity contribution is 5.75. The van der Waals surface area contributed by atoms with Crippen molar-refractivity contribution in [1.82, 2.24) is 15.1 Å². The number of ether oxygens (including phenoxy) is 1. The van der Waals surface area contributed by atoms with Crippen LogP contribution in [0, 0.1) is 0 Å². The molecule has 1 rings (SSSR count). The maximum Gasteiger partial charge on any atom is 0.282 e. The van der Waals surface area contributed by atoms with Crippen LogP contribution >= 0.6 is 0 Å². The Morgan fingerprint density at radius 1 is 1.42 bits per heavy atom. The number of rotatable bonds is 7. The summed E-state index contributed by atoms with van der Waals surface area (Å²) in [6.07, 6.45) is -5.94. The molecule has 9 heteroatoms. The maximum absolute atomic E-state index is 12.6. The second-order valence-corrected chi connectivity index (χ2v) is 3.60. The average molecular weight is 283 g/mol. The largest absolute Gasteiger partial charge is 0.383 e. The van der Waals surface area contributed by atoms with Crippen LogP contribution in [0.25, 0.3) is 0 Å². The van der Waals surface area contributed by atoms with Gasteiger partial charge in [0.25, 0.3) is 12.9 Å². The van der Waals surface area contributed by atoms with Crippen LogP contribution in [-0.2, 0) is 16.1 Å². The number of methoxy groups -OCH3 is 1. The first-order valence-corrected chi connectivity index (χ1v) is 5.35. The van der Waals surface area contributed by atoms with E-state index in [-0.39, 0.29) is 13.2 Å². The third-order valence-corrected chi connectivity index (χ3v) is 2.20. The Morgan fingerprint density at radius 3 is 2.63 bits per heavy atom. The first-order valence-electron chi connectivity index (χ1n) is 5.35. The van der Waals surface area contributed by atoms with Crippen molar-refractivity contribution in [2.75, 3.05) is 20.3 Å². The molecule has 108 valence electrons. The lowest BCUT2D eigenvalue weighted by Gasteiger charge is -2.07. The van der Waals surface area contributed by atoms with E-state index in [4.69, 9.17) is 0 Å². The van der Waals surface area contributed by atoms with Crippen molar-refractivity contribution < 1.29 is 27.1 Å². The Bertz CT molecular complexity index is 423. The molecule has 0 unspecified atom stereocenters. The molecule has 1 heterocycles. The normalized spacial score (nSPS) is 11.3. The van der Waals surface area contributed by atoms with Gasteiger partial charge in [-0.2, -0.15) is 5.10 Å². The van der Waals surface area contributed by atoms with E-state index in [1.54, 1.807) is 0 Å². The molecule has 0 spiro atoms. The fraction of sp³-hybridized carbons (Fsp3) is 0.600. The zero-order chi connectivity index (χ0) is 14.4. The number of nitrogens with one attached hydrogen (secondary N) is 1. The monoisotopic (exact) mass is 283 g/mol. The Labute approximate surface area is 106 Å². The van der Waals surface area contributed by atoms with E-state index in [1.165, 1.54) is 7.11 Å². The molecular weight excluding hydrogens is 270 g/mol. The lowest BCUT2D eigenvalue weighted by molar-refractivity contribution is -0.122. The number of hydrogen-bond acceptors (Lipinski definition) is 3. The number of aromatic nitrogens is 2. The molecule has 1 aromatic heterocycles. The molecule has 0 saturated carbocycles. The van der Waals surface area contributed by atoms with Crippen molar-refractivity contribution >= 4 is 5.91 Å². The standard InChI is InChI=1S/C10H13F4N3O2/c1-19-3-2-15-8(18)5-17-7(10(13)14)4-6(16-17)9(11)12/h4,9-10H,2-3,5H2,1H3,(H,15,18). The zero-order valence-electron chi connectivity index (χ0n) is 10.1. The van der Waals surface area contributed by atoms with E-state index in [0.717, 1.165) is 0 Å². The summed E-state index contributed by atoms with van der Waals surface area (Å²) in [4.78, 5) is 11.4. The van der Waals surface area contributed by atoms with Gasteiger partial charge in [-0.1, -0.05) is 0 Å². The van der Waals surface area contributed by atoms with Gasteiger partial charge in [-0.25, -0.2) is 17.6 Å². The Morgan fingerprint density at radius 2 is 2.11 bits per heavy atom. The van der Waals surface area contributed by atoms with Crippen LogP contribution in [-0.4, -0.2) is 35.9 Å². The molecule has 0 aliphatic rings. The SMILES string of the molecule is COCCNC(=O)Cn1nc(C(F)F)cc1C(F)F. The first-order chi connectivity index (χ1) is 8.95. The summed E-state index contributed by atoms with van der Waals surface area (Å²) in [6.45, 7) is -0.0900. The molecule has 0 aliphatic carbocycles. The molecule has 1 N–H and O–H groups in total. The minimum absolute atomic E-state index is 0.197. The third kappa shape index (κ3) is 4.51. The molecule has 0 atom stereocenters. The van der Waals surface area contributed by atoms with E-state index in [9.17, 15) is 22.4 Å². The van der Waals surface area contributed by atoms with Gasteiger partial charge in [0.15, 0.2) is 0 Å². The van der Waals surface area contributed by atoms with Gasteiger partial charge >= 0.3 is 0 Å². The Balaban J connectivity index is 2.73. The second-order valence-electron chi connectivity index (χ2n) is 3.60. The summed E-state index contributed by atoms with van der Waals surface area (Å²) < 4.78 is 55.2. The van der Waals surface area contributed by atoms with E-state index in [0.29, 0.717) is 10.7 Å². The summed E-state index contributed by atoms with van der Waals surface area (Å²) in [5.74, 6) is -0.608. The average Bonchev–Trinajstić information content (AvgIpc) is 2.73. The highest BCUT2D eigenvalue weighted by atomic mass is 19.3. The lowest BCUT2D eigenvalue weighted by Crippen LogP contribution is -2.31. The topological polar surface area (TPSA) is 56.1 Å². The van der Waals surface area contributed by atoms with Crippen molar-refractivity contribution in [3.05, 3.63) is 17.5 Å². The van der Waals surface area contributed by atoms with Gasteiger partial charge in [-0.05, 0) is 6.07 Å². The van der Waals surface area contributed by atoms with E-state index in [1.807, 2.05) is 0 Å². The number of halogens is 4. The van der Waals surface area contributed by atoms with Crippen LogP contribution in [0.15, 0.2) is 6.07 Å². The molecule has 1 aromatic rings. The molecule has 0 fully saturated rings. The van der Waals surface area contributed by atoms with Crippen LogP contribution in [0.4, 0.5) is 17.6 Å². The highest BCUT2D eigenvalue weighted by Crippen LogP contribution is 2.24. The number of carbonyl (C=O) groups is 1. The van der Waals surface area contributed by atoms with Gasteiger partial charge in [0.05, 0.1) is 6.61 Å². The lowest BCUT2D eigenvalue weighted by atomic mass is 10.3. The molecule has 5 nitrogen and oxygen atoms in total. The highest BCUT2D eigenvalue weighted by Gasteiger charge is 2.22. The number of carbonyl (C=O) groups excluding carboxylic acids is 1. The van der Waals surface area contributed by atoms with Crippen LogP contribution in [0.3, 0.4) is 0 Å². The number of nitrogens with zero attached hydrogens (tertiary/aromatic N) is 2. The summed E-state index contributed by atoms with van der Waals surface area (Å²) >= 11 is 0. The van der Waals surface area contributed by atoms with Crippen LogP contribution in [0.5, 0.6) is 0 Å². The van der Waals surface area contributed by atoms with Gasteiger partial charge in [0, 0.05) is 13.7 Å². The van der Waals surface area contributed by atoms with Crippen molar-refractivity contribution in [3.8, 4) is 0 Å². The minimum Gasteiger partial charge on any atom is -0.383 e. The molecule has 1 amide bonds. The van der Waals surface area contributed by atoms with Crippen molar-refractivity contribution in [2.45, 2.75) is 19.4 Å². The minimum atomic E-state index is -2.98. The molecule has 0 bridgehead atoms. The number of amides is 1. The Kier molecular flexibility index (Phi) is 5.74. The molecule has 0 saturated heterocycles. The van der Waals surface area contributed by atoms with Crippen molar-refractivity contribution in [1.29, 1.82) is 0 Å².